The first-order valence-corrected chi connectivity index (χ1v) is 6.64. The Morgan fingerprint density at radius 3 is 2.87 bits per heavy atom. The average molecular weight is 289 g/mol. The van der Waals surface area contributed by atoms with Crippen molar-refractivity contribution >= 4 is 27.5 Å². The third-order valence-electron chi connectivity index (χ3n) is 2.94. The average Bonchev–Trinajstić information content (AvgIpc) is 2.69. The highest BCUT2D eigenvalue weighted by Crippen LogP contribution is 2.23. The van der Waals surface area contributed by atoms with Gasteiger partial charge in [0.25, 0.3) is 0 Å². The van der Waals surface area contributed by atoms with Gasteiger partial charge in [0, 0.05) is 23.4 Å². The molecule has 1 nitrogen and oxygen atoms in total. The quantitative estimate of drug-likeness (QED) is 0.769. The molecule has 15 heavy (non-hydrogen) atoms. The van der Waals surface area contributed by atoms with E-state index in [1.165, 1.54) is 23.0 Å². The highest BCUT2D eigenvalue weighted by molar-refractivity contribution is 9.10. The van der Waals surface area contributed by atoms with Crippen LogP contribution in [0.5, 0.6) is 0 Å². The van der Waals surface area contributed by atoms with Gasteiger partial charge in [0.2, 0.25) is 0 Å². The molecule has 0 saturated carbocycles. The van der Waals surface area contributed by atoms with E-state index in [0.717, 1.165) is 19.0 Å². The molecule has 1 fully saturated rings. The van der Waals surface area contributed by atoms with E-state index >= 15 is 0 Å². The summed E-state index contributed by atoms with van der Waals surface area (Å²) in [5.74, 6) is 1.49. The summed E-state index contributed by atoms with van der Waals surface area (Å²) in [6.45, 7) is 3.36. The van der Waals surface area contributed by atoms with Gasteiger partial charge < -0.3 is 0 Å². The Bertz CT molecular complexity index is 329. The summed E-state index contributed by atoms with van der Waals surface area (Å²) in [6, 6.07) is 8.43. The van der Waals surface area contributed by atoms with Gasteiger partial charge in [-0.3, -0.25) is 4.90 Å². The molecule has 2 rings (SSSR count). The number of nitrogens with zero attached hydrogens (tertiary/aromatic N) is 1. The van der Waals surface area contributed by atoms with Crippen LogP contribution in [0.3, 0.4) is 0 Å². The number of benzene rings is 1. The molecular weight excluding hydrogens is 273 g/mol. The third-order valence-corrected chi connectivity index (χ3v) is 4.15. The Hall–Kier alpha value is -0.0500. The Labute approximate surface area is 105 Å². The molecule has 1 heterocycles. The van der Waals surface area contributed by atoms with Crippen molar-refractivity contribution in [2.75, 3.05) is 19.0 Å². The lowest BCUT2D eigenvalue weighted by Crippen LogP contribution is -2.20. The number of hydrogen-bond donors (Lipinski definition) is 0. The van der Waals surface area contributed by atoms with E-state index in [1.807, 2.05) is 0 Å². The van der Waals surface area contributed by atoms with Gasteiger partial charge in [-0.05, 0) is 30.5 Å². The summed E-state index contributed by atoms with van der Waals surface area (Å²) >= 11 is 9.45. The zero-order valence-corrected chi connectivity index (χ0v) is 11.0. The van der Waals surface area contributed by atoms with Crippen molar-refractivity contribution in [2.24, 2.45) is 5.92 Å². The first-order chi connectivity index (χ1) is 7.29. The van der Waals surface area contributed by atoms with E-state index < -0.39 is 0 Å². The lowest BCUT2D eigenvalue weighted by Gasteiger charge is -2.16. The minimum Gasteiger partial charge on any atom is -0.299 e. The van der Waals surface area contributed by atoms with E-state index in [0.29, 0.717) is 5.92 Å². The van der Waals surface area contributed by atoms with Crippen LogP contribution in [0.15, 0.2) is 28.7 Å². The van der Waals surface area contributed by atoms with Crippen molar-refractivity contribution in [1.82, 2.24) is 4.90 Å². The Kier molecular flexibility index (Phi) is 4.06. The summed E-state index contributed by atoms with van der Waals surface area (Å²) in [4.78, 5) is 2.48. The monoisotopic (exact) mass is 287 g/mol. The molecule has 1 aliphatic heterocycles. The summed E-state index contributed by atoms with van der Waals surface area (Å²) in [7, 11) is 0. The summed E-state index contributed by atoms with van der Waals surface area (Å²) in [5.41, 5.74) is 1.37. The third kappa shape index (κ3) is 2.96. The number of likely N-dealkylation sites (tertiary alicyclic amines) is 1. The molecule has 0 aromatic heterocycles. The van der Waals surface area contributed by atoms with Gasteiger partial charge in [-0.1, -0.05) is 34.1 Å². The topological polar surface area (TPSA) is 3.24 Å². The summed E-state index contributed by atoms with van der Waals surface area (Å²) in [6.07, 6.45) is 1.24. The van der Waals surface area contributed by atoms with E-state index in [4.69, 9.17) is 11.6 Å². The van der Waals surface area contributed by atoms with Crippen LogP contribution in [0.4, 0.5) is 0 Å². The molecule has 1 aromatic carbocycles. The largest absolute Gasteiger partial charge is 0.299 e. The maximum atomic E-state index is 5.87. The van der Waals surface area contributed by atoms with Crippen LogP contribution in [0.25, 0.3) is 0 Å². The van der Waals surface area contributed by atoms with Gasteiger partial charge in [-0.25, -0.2) is 0 Å². The van der Waals surface area contributed by atoms with Crippen LogP contribution in [-0.2, 0) is 6.54 Å². The van der Waals surface area contributed by atoms with Crippen molar-refractivity contribution in [3.05, 3.63) is 34.3 Å². The van der Waals surface area contributed by atoms with Crippen LogP contribution in [-0.4, -0.2) is 23.9 Å². The maximum Gasteiger partial charge on any atom is 0.0264 e. The molecule has 0 aliphatic carbocycles. The van der Waals surface area contributed by atoms with Gasteiger partial charge in [-0.15, -0.1) is 11.6 Å². The Balaban J connectivity index is 1.96. The van der Waals surface area contributed by atoms with E-state index in [2.05, 4.69) is 45.1 Å². The minimum atomic E-state index is 0.689. The fraction of sp³-hybridized carbons (Fsp3) is 0.500. The molecule has 0 N–H and O–H groups in total. The molecule has 82 valence electrons. The molecule has 1 atom stereocenters. The Morgan fingerprint density at radius 2 is 2.20 bits per heavy atom. The first-order valence-electron chi connectivity index (χ1n) is 5.31. The van der Waals surface area contributed by atoms with Crippen molar-refractivity contribution in [3.8, 4) is 0 Å². The molecule has 1 aliphatic rings. The normalized spacial score (nSPS) is 22.1. The second-order valence-electron chi connectivity index (χ2n) is 4.14. The predicted molar refractivity (Wildman–Crippen MR) is 68.2 cm³/mol. The molecule has 0 bridgehead atoms. The zero-order chi connectivity index (χ0) is 10.7. The maximum absolute atomic E-state index is 5.87. The van der Waals surface area contributed by atoms with Gasteiger partial charge >= 0.3 is 0 Å². The SMILES string of the molecule is ClCC1CCN(Cc2ccccc2Br)C1. The summed E-state index contributed by atoms with van der Waals surface area (Å²) in [5, 5.41) is 0. The van der Waals surface area contributed by atoms with Crippen LogP contribution in [0.1, 0.15) is 12.0 Å². The van der Waals surface area contributed by atoms with Crippen LogP contribution >= 0.6 is 27.5 Å². The van der Waals surface area contributed by atoms with Crippen molar-refractivity contribution in [1.29, 1.82) is 0 Å². The Morgan fingerprint density at radius 1 is 1.40 bits per heavy atom. The fourth-order valence-electron chi connectivity index (χ4n) is 2.05. The molecular formula is C12H15BrClN. The van der Waals surface area contributed by atoms with Gasteiger partial charge in [0.1, 0.15) is 0 Å². The molecule has 3 heteroatoms. The molecule has 0 radical (unpaired) electrons. The zero-order valence-electron chi connectivity index (χ0n) is 8.63. The standard InChI is InChI=1S/C12H15BrClN/c13-12-4-2-1-3-11(12)9-15-6-5-10(7-14)8-15/h1-4,10H,5-9H2. The second-order valence-corrected chi connectivity index (χ2v) is 5.30. The fourth-order valence-corrected chi connectivity index (χ4v) is 2.71. The van der Waals surface area contributed by atoms with Crippen LogP contribution in [0.2, 0.25) is 0 Å². The van der Waals surface area contributed by atoms with Gasteiger partial charge in [0.15, 0.2) is 0 Å². The van der Waals surface area contributed by atoms with Crippen LogP contribution in [0, 0.1) is 5.92 Å². The molecule has 0 spiro atoms. The number of hydrogen-bond acceptors (Lipinski definition) is 1. The highest BCUT2D eigenvalue weighted by Gasteiger charge is 2.21. The lowest BCUT2D eigenvalue weighted by molar-refractivity contribution is 0.320. The first kappa shape index (κ1) is 11.4. The molecule has 1 aromatic rings. The minimum absolute atomic E-state index is 0.689. The smallest absolute Gasteiger partial charge is 0.0264 e. The predicted octanol–water partition coefficient (Wildman–Crippen LogP) is 3.51. The summed E-state index contributed by atoms with van der Waals surface area (Å²) < 4.78 is 1.21. The van der Waals surface area contributed by atoms with E-state index in [1.54, 1.807) is 0 Å². The van der Waals surface area contributed by atoms with E-state index in [9.17, 15) is 0 Å². The lowest BCUT2D eigenvalue weighted by atomic mass is 10.2. The molecule has 0 amide bonds. The number of rotatable bonds is 3. The van der Waals surface area contributed by atoms with Crippen molar-refractivity contribution < 1.29 is 0 Å². The van der Waals surface area contributed by atoms with Crippen molar-refractivity contribution in [3.63, 3.8) is 0 Å². The number of halogens is 2. The number of alkyl halides is 1. The van der Waals surface area contributed by atoms with E-state index in [-0.39, 0.29) is 0 Å². The second kappa shape index (κ2) is 5.33. The van der Waals surface area contributed by atoms with Crippen LogP contribution < -0.4 is 0 Å². The van der Waals surface area contributed by atoms with Gasteiger partial charge in [-0.2, -0.15) is 0 Å². The molecule has 1 saturated heterocycles. The highest BCUT2D eigenvalue weighted by atomic mass is 79.9. The van der Waals surface area contributed by atoms with Crippen molar-refractivity contribution in [2.45, 2.75) is 13.0 Å². The van der Waals surface area contributed by atoms with Gasteiger partial charge in [0.05, 0.1) is 0 Å². The molecule has 1 unspecified atom stereocenters.